The van der Waals surface area contributed by atoms with Gasteiger partial charge in [-0.15, -0.1) is 0 Å². The molecule has 10 heteroatoms. The van der Waals surface area contributed by atoms with Gasteiger partial charge in [-0.1, -0.05) is 26.0 Å². The Morgan fingerprint density at radius 1 is 1.12 bits per heavy atom. The van der Waals surface area contributed by atoms with Crippen LogP contribution in [0.3, 0.4) is 0 Å². The Bertz CT molecular complexity index is 1150. The first-order chi connectivity index (χ1) is 15.1. The zero-order valence-electron chi connectivity index (χ0n) is 17.8. The van der Waals surface area contributed by atoms with Crippen LogP contribution < -0.4 is 0 Å². The second-order valence-electron chi connectivity index (χ2n) is 7.29. The lowest BCUT2D eigenvalue weighted by Crippen LogP contribution is -2.36. The van der Waals surface area contributed by atoms with E-state index >= 15 is 0 Å². The van der Waals surface area contributed by atoms with E-state index in [9.17, 15) is 28.1 Å². The van der Waals surface area contributed by atoms with Gasteiger partial charge in [0.2, 0.25) is 0 Å². The number of nitrogens with zero attached hydrogens (tertiary/aromatic N) is 3. The van der Waals surface area contributed by atoms with Gasteiger partial charge in [-0.2, -0.15) is 18.3 Å². The predicted octanol–water partition coefficient (Wildman–Crippen LogP) is 5.57. The average molecular weight is 449 g/mol. The third-order valence-corrected chi connectivity index (χ3v) is 5.73. The molecule has 0 bridgehead atoms. The standard InChI is InChI=1S/C22H22F3N3O4/c1-4-21(5-2,20(29)32-6-3)14-7-9-15(10-8-14)27-19-12-16(28(30)31)11-18(22(23,24)25)17(19)13-26-27/h7-13H,4-6H2,1-3H3. The van der Waals surface area contributed by atoms with Crippen LogP contribution in [-0.2, 0) is 21.1 Å². The molecule has 0 fully saturated rings. The molecule has 0 aliphatic heterocycles. The molecule has 0 amide bonds. The summed E-state index contributed by atoms with van der Waals surface area (Å²) in [5.74, 6) is -0.340. The van der Waals surface area contributed by atoms with E-state index in [1.807, 2.05) is 13.8 Å². The van der Waals surface area contributed by atoms with Gasteiger partial charge >= 0.3 is 12.1 Å². The van der Waals surface area contributed by atoms with Gasteiger partial charge in [0.1, 0.15) is 0 Å². The van der Waals surface area contributed by atoms with Gasteiger partial charge in [0, 0.05) is 17.5 Å². The summed E-state index contributed by atoms with van der Waals surface area (Å²) >= 11 is 0. The summed E-state index contributed by atoms with van der Waals surface area (Å²) in [5.41, 5.74) is -1.57. The summed E-state index contributed by atoms with van der Waals surface area (Å²) in [5, 5.41) is 15.0. The molecule has 170 valence electrons. The molecular weight excluding hydrogens is 427 g/mol. The number of hydrogen-bond donors (Lipinski definition) is 0. The Balaban J connectivity index is 2.13. The smallest absolute Gasteiger partial charge is 0.417 e. The summed E-state index contributed by atoms with van der Waals surface area (Å²) in [4.78, 5) is 23.0. The minimum atomic E-state index is -4.77. The quantitative estimate of drug-likeness (QED) is 0.267. The van der Waals surface area contributed by atoms with Crippen LogP contribution in [0.5, 0.6) is 0 Å². The first kappa shape index (κ1) is 23.2. The minimum absolute atomic E-state index is 0.0399. The summed E-state index contributed by atoms with van der Waals surface area (Å²) in [6.07, 6.45) is -2.72. The molecule has 2 aromatic carbocycles. The third kappa shape index (κ3) is 3.92. The maximum Gasteiger partial charge on any atom is 0.417 e. The number of ether oxygens (including phenoxy) is 1. The van der Waals surface area contributed by atoms with Crippen LogP contribution in [0.1, 0.15) is 44.7 Å². The van der Waals surface area contributed by atoms with Gasteiger partial charge in [-0.25, -0.2) is 4.68 Å². The van der Waals surface area contributed by atoms with Crippen LogP contribution in [0.25, 0.3) is 16.6 Å². The number of nitro benzene ring substituents is 1. The number of nitro groups is 1. The Morgan fingerprint density at radius 2 is 1.75 bits per heavy atom. The second-order valence-corrected chi connectivity index (χ2v) is 7.29. The van der Waals surface area contributed by atoms with E-state index in [-0.39, 0.29) is 23.5 Å². The van der Waals surface area contributed by atoms with Crippen molar-refractivity contribution in [3.05, 3.63) is 63.8 Å². The fraction of sp³-hybridized carbons (Fsp3) is 0.364. The predicted molar refractivity (Wildman–Crippen MR) is 112 cm³/mol. The van der Waals surface area contributed by atoms with Gasteiger partial charge in [-0.05, 0) is 37.5 Å². The second kappa shape index (κ2) is 8.60. The maximum atomic E-state index is 13.5. The fourth-order valence-electron chi connectivity index (χ4n) is 3.91. The van der Waals surface area contributed by atoms with E-state index in [4.69, 9.17) is 4.74 Å². The number of esters is 1. The van der Waals surface area contributed by atoms with Crippen molar-refractivity contribution >= 4 is 22.6 Å². The normalized spacial score (nSPS) is 12.2. The van der Waals surface area contributed by atoms with E-state index in [1.165, 1.54) is 4.68 Å². The highest BCUT2D eigenvalue weighted by Crippen LogP contribution is 2.38. The van der Waals surface area contributed by atoms with Crippen molar-refractivity contribution < 1.29 is 27.6 Å². The zero-order chi connectivity index (χ0) is 23.7. The van der Waals surface area contributed by atoms with Crippen molar-refractivity contribution in [3.8, 4) is 5.69 Å². The average Bonchev–Trinajstić information content (AvgIpc) is 3.18. The topological polar surface area (TPSA) is 87.3 Å². The Morgan fingerprint density at radius 3 is 2.25 bits per heavy atom. The first-order valence-corrected chi connectivity index (χ1v) is 10.1. The highest BCUT2D eigenvalue weighted by atomic mass is 19.4. The minimum Gasteiger partial charge on any atom is -0.465 e. The van der Waals surface area contributed by atoms with Crippen LogP contribution in [0, 0.1) is 10.1 Å². The summed E-state index contributed by atoms with van der Waals surface area (Å²) < 4.78 is 46.9. The number of fused-ring (bicyclic) bond motifs is 1. The molecule has 3 aromatic rings. The van der Waals surface area contributed by atoms with Gasteiger partial charge in [0.05, 0.1) is 39.9 Å². The molecule has 1 aromatic heterocycles. The monoisotopic (exact) mass is 449 g/mol. The largest absolute Gasteiger partial charge is 0.465 e. The van der Waals surface area contributed by atoms with Crippen molar-refractivity contribution in [1.82, 2.24) is 9.78 Å². The van der Waals surface area contributed by atoms with Crippen LogP contribution in [0.4, 0.5) is 18.9 Å². The SMILES string of the molecule is CCOC(=O)C(CC)(CC)c1ccc(-n2ncc3c(C(F)(F)F)cc([N+](=O)[O-])cc32)cc1. The maximum absolute atomic E-state index is 13.5. The van der Waals surface area contributed by atoms with Crippen LogP contribution >= 0.6 is 0 Å². The first-order valence-electron chi connectivity index (χ1n) is 10.1. The number of carbonyl (C=O) groups excluding carboxylic acids is 1. The molecule has 7 nitrogen and oxygen atoms in total. The zero-order valence-corrected chi connectivity index (χ0v) is 17.8. The molecule has 0 radical (unpaired) electrons. The molecule has 32 heavy (non-hydrogen) atoms. The molecule has 3 rings (SSSR count). The molecular formula is C22H22F3N3O4. The molecule has 0 spiro atoms. The number of aromatic nitrogens is 2. The van der Waals surface area contributed by atoms with E-state index < -0.39 is 27.8 Å². The van der Waals surface area contributed by atoms with E-state index in [1.54, 1.807) is 31.2 Å². The van der Waals surface area contributed by atoms with Gasteiger partial charge in [0.15, 0.2) is 0 Å². The number of carbonyl (C=O) groups is 1. The highest BCUT2D eigenvalue weighted by molar-refractivity contribution is 5.87. The molecule has 0 saturated carbocycles. The Labute approximate surface area is 181 Å². The third-order valence-electron chi connectivity index (χ3n) is 5.73. The number of non-ortho nitro benzene ring substituents is 1. The number of halogens is 3. The number of hydrogen-bond acceptors (Lipinski definition) is 5. The lowest BCUT2D eigenvalue weighted by Gasteiger charge is -2.29. The number of benzene rings is 2. The molecule has 1 heterocycles. The molecule has 0 unspecified atom stereocenters. The fourth-order valence-corrected chi connectivity index (χ4v) is 3.91. The highest BCUT2D eigenvalue weighted by Gasteiger charge is 2.38. The number of rotatable bonds is 7. The van der Waals surface area contributed by atoms with Crippen LogP contribution in [0.2, 0.25) is 0 Å². The molecule has 0 saturated heterocycles. The van der Waals surface area contributed by atoms with Gasteiger partial charge in [-0.3, -0.25) is 14.9 Å². The molecule has 0 atom stereocenters. The van der Waals surface area contributed by atoms with Gasteiger partial charge < -0.3 is 4.74 Å². The van der Waals surface area contributed by atoms with Crippen LogP contribution in [0.15, 0.2) is 42.6 Å². The van der Waals surface area contributed by atoms with Crippen molar-refractivity contribution in [2.24, 2.45) is 0 Å². The summed E-state index contributed by atoms with van der Waals surface area (Å²) in [6.45, 7) is 5.74. The Kier molecular flexibility index (Phi) is 6.25. The summed E-state index contributed by atoms with van der Waals surface area (Å²) in [6, 6.07) is 8.21. The van der Waals surface area contributed by atoms with E-state index in [2.05, 4.69) is 5.10 Å². The molecule has 0 N–H and O–H groups in total. The van der Waals surface area contributed by atoms with Gasteiger partial charge in [0.25, 0.3) is 5.69 Å². The molecule has 0 aliphatic carbocycles. The lowest BCUT2D eigenvalue weighted by atomic mass is 9.76. The van der Waals surface area contributed by atoms with E-state index in [0.29, 0.717) is 30.2 Å². The van der Waals surface area contributed by atoms with Crippen molar-refractivity contribution in [2.75, 3.05) is 6.61 Å². The lowest BCUT2D eigenvalue weighted by molar-refractivity contribution is -0.385. The molecule has 0 aliphatic rings. The van der Waals surface area contributed by atoms with Crippen molar-refractivity contribution in [2.45, 2.75) is 45.2 Å². The van der Waals surface area contributed by atoms with Crippen molar-refractivity contribution in [3.63, 3.8) is 0 Å². The summed E-state index contributed by atoms with van der Waals surface area (Å²) in [7, 11) is 0. The van der Waals surface area contributed by atoms with E-state index in [0.717, 1.165) is 12.3 Å². The Hall–Kier alpha value is -3.43. The van der Waals surface area contributed by atoms with Crippen molar-refractivity contribution in [1.29, 1.82) is 0 Å². The number of alkyl halides is 3. The van der Waals surface area contributed by atoms with Crippen LogP contribution in [-0.4, -0.2) is 27.3 Å².